The van der Waals surface area contributed by atoms with E-state index in [0.29, 0.717) is 30.5 Å². The minimum atomic E-state index is -0.0930. The first-order valence-corrected chi connectivity index (χ1v) is 13.6. The van der Waals surface area contributed by atoms with Crippen LogP contribution in [0.3, 0.4) is 0 Å². The van der Waals surface area contributed by atoms with Crippen LogP contribution >= 0.6 is 0 Å². The number of benzene rings is 2. The van der Waals surface area contributed by atoms with Crippen LogP contribution in [0.2, 0.25) is 0 Å². The number of carbonyl (C=O) groups is 1. The number of nitrogens with one attached hydrogen (secondary N) is 1. The summed E-state index contributed by atoms with van der Waals surface area (Å²) in [7, 11) is 1.86. The Balaban J connectivity index is 2.01. The average Bonchev–Trinajstić information content (AvgIpc) is 3.20. The maximum Gasteiger partial charge on any atom is 0.223 e. The molecule has 1 N–H and O–H groups in total. The molecule has 208 valence electrons. The molecule has 1 aromatic heterocycles. The van der Waals surface area contributed by atoms with Crippen LogP contribution in [0.4, 0.5) is 11.5 Å². The zero-order valence-corrected chi connectivity index (χ0v) is 24.7. The van der Waals surface area contributed by atoms with Crippen LogP contribution in [0.1, 0.15) is 69.9 Å². The van der Waals surface area contributed by atoms with Crippen LogP contribution in [0, 0.1) is 25.2 Å². The molecule has 0 fully saturated rings. The predicted molar refractivity (Wildman–Crippen MR) is 160 cm³/mol. The van der Waals surface area contributed by atoms with E-state index in [0.717, 1.165) is 45.7 Å². The second kappa shape index (κ2) is 12.8. The summed E-state index contributed by atoms with van der Waals surface area (Å²) >= 11 is 0. The zero-order chi connectivity index (χ0) is 28.7. The standard InChI is InChI=1S/C33H43N3O3/c1-10-22(2)17-18-38-25(5)26-15-16-28(27(19-26)21-36(9)31(37)20-33(6,7)8)29-13-11-12-14-30(29)34-32-23(3)24(4)39-35-32/h11-19,22H,5,10,20-21H2,1-4,6-9H3,(H,34,35)/b18-17-. The Hall–Kier alpha value is -3.80. The molecular formula is C33H43N3O3. The van der Waals surface area contributed by atoms with Crippen molar-refractivity contribution in [3.05, 3.63) is 83.8 Å². The lowest BCUT2D eigenvalue weighted by atomic mass is 9.91. The molecule has 0 aliphatic rings. The van der Waals surface area contributed by atoms with E-state index in [1.54, 1.807) is 11.2 Å². The lowest BCUT2D eigenvalue weighted by molar-refractivity contribution is -0.132. The molecule has 6 nitrogen and oxygen atoms in total. The summed E-state index contributed by atoms with van der Waals surface area (Å²) < 4.78 is 11.2. The van der Waals surface area contributed by atoms with Crippen molar-refractivity contribution in [3.8, 4) is 11.1 Å². The smallest absolute Gasteiger partial charge is 0.223 e. The number of hydrogen-bond acceptors (Lipinski definition) is 5. The van der Waals surface area contributed by atoms with Gasteiger partial charge in [-0.25, -0.2) is 0 Å². The van der Waals surface area contributed by atoms with Gasteiger partial charge in [0.2, 0.25) is 5.91 Å². The first kappa shape index (κ1) is 29.8. The van der Waals surface area contributed by atoms with Crippen molar-refractivity contribution in [2.75, 3.05) is 12.4 Å². The summed E-state index contributed by atoms with van der Waals surface area (Å²) in [6.07, 6.45) is 5.26. The molecular weight excluding hydrogens is 486 g/mol. The van der Waals surface area contributed by atoms with Crippen molar-refractivity contribution in [1.82, 2.24) is 10.1 Å². The van der Waals surface area contributed by atoms with Crippen LogP contribution in [0.5, 0.6) is 0 Å². The van der Waals surface area contributed by atoms with Crippen LogP contribution in [0.25, 0.3) is 16.9 Å². The Bertz CT molecular complexity index is 1330. The van der Waals surface area contributed by atoms with E-state index in [4.69, 9.17) is 9.26 Å². The fourth-order valence-corrected chi connectivity index (χ4v) is 4.04. The van der Waals surface area contributed by atoms with Crippen molar-refractivity contribution in [2.45, 2.75) is 67.9 Å². The van der Waals surface area contributed by atoms with Gasteiger partial charge in [0.05, 0.1) is 6.26 Å². The zero-order valence-electron chi connectivity index (χ0n) is 24.7. The minimum Gasteiger partial charge on any atom is -0.465 e. The van der Waals surface area contributed by atoms with E-state index in [-0.39, 0.29) is 11.3 Å². The number of hydrogen-bond donors (Lipinski definition) is 1. The first-order valence-electron chi connectivity index (χ1n) is 13.6. The van der Waals surface area contributed by atoms with Crippen molar-refractivity contribution in [3.63, 3.8) is 0 Å². The quantitative estimate of drug-likeness (QED) is 0.252. The third-order valence-corrected chi connectivity index (χ3v) is 6.83. The number of allylic oxidation sites excluding steroid dienone is 1. The fraction of sp³-hybridized carbons (Fsp3) is 0.394. The molecule has 0 spiro atoms. The molecule has 0 saturated heterocycles. The van der Waals surface area contributed by atoms with Gasteiger partial charge in [-0.2, -0.15) is 0 Å². The number of para-hydroxylation sites is 1. The molecule has 1 unspecified atom stereocenters. The number of carbonyl (C=O) groups excluding carboxylic acids is 1. The maximum absolute atomic E-state index is 13.1. The molecule has 0 radical (unpaired) electrons. The number of amides is 1. The second-order valence-corrected chi connectivity index (χ2v) is 11.5. The van der Waals surface area contributed by atoms with Gasteiger partial charge >= 0.3 is 0 Å². The Morgan fingerprint density at radius 3 is 2.54 bits per heavy atom. The van der Waals surface area contributed by atoms with Crippen LogP contribution in [-0.2, 0) is 16.1 Å². The number of rotatable bonds is 11. The van der Waals surface area contributed by atoms with Gasteiger partial charge in [0.1, 0.15) is 11.5 Å². The van der Waals surface area contributed by atoms with Gasteiger partial charge < -0.3 is 19.5 Å². The molecule has 2 aromatic carbocycles. The average molecular weight is 530 g/mol. The van der Waals surface area contributed by atoms with Gasteiger partial charge in [0.25, 0.3) is 0 Å². The number of ether oxygens (including phenoxy) is 1. The normalized spacial score (nSPS) is 12.4. The predicted octanol–water partition coefficient (Wildman–Crippen LogP) is 8.64. The molecule has 0 aliphatic heterocycles. The van der Waals surface area contributed by atoms with Gasteiger partial charge in [0.15, 0.2) is 5.82 Å². The van der Waals surface area contributed by atoms with Crippen molar-refractivity contribution < 1.29 is 14.1 Å². The topological polar surface area (TPSA) is 67.6 Å². The van der Waals surface area contributed by atoms with Crippen molar-refractivity contribution in [1.29, 1.82) is 0 Å². The highest BCUT2D eigenvalue weighted by Crippen LogP contribution is 2.35. The lowest BCUT2D eigenvalue weighted by Gasteiger charge is -2.25. The summed E-state index contributed by atoms with van der Waals surface area (Å²) in [5.74, 6) is 2.56. The number of anilines is 2. The van der Waals surface area contributed by atoms with Crippen molar-refractivity contribution >= 4 is 23.2 Å². The fourth-order valence-electron chi connectivity index (χ4n) is 4.04. The van der Waals surface area contributed by atoms with E-state index in [1.807, 2.05) is 51.2 Å². The summed E-state index contributed by atoms with van der Waals surface area (Å²) in [4.78, 5) is 14.8. The van der Waals surface area contributed by atoms with Crippen LogP contribution < -0.4 is 5.32 Å². The van der Waals surface area contributed by atoms with Gasteiger partial charge in [-0.1, -0.05) is 76.7 Å². The monoisotopic (exact) mass is 529 g/mol. The molecule has 1 amide bonds. The van der Waals surface area contributed by atoms with Gasteiger partial charge in [-0.15, -0.1) is 0 Å². The number of nitrogens with zero attached hydrogens (tertiary/aromatic N) is 2. The molecule has 0 bridgehead atoms. The summed E-state index contributed by atoms with van der Waals surface area (Å²) in [6.45, 7) is 19.0. The second-order valence-electron chi connectivity index (χ2n) is 11.5. The minimum absolute atomic E-state index is 0.0930. The third-order valence-electron chi connectivity index (χ3n) is 6.83. The summed E-state index contributed by atoms with van der Waals surface area (Å²) in [5.41, 5.74) is 5.65. The Morgan fingerprint density at radius 1 is 1.18 bits per heavy atom. The molecule has 39 heavy (non-hydrogen) atoms. The van der Waals surface area contributed by atoms with Gasteiger partial charge in [-0.05, 0) is 60.9 Å². The van der Waals surface area contributed by atoms with Gasteiger partial charge in [-0.3, -0.25) is 4.79 Å². The molecule has 0 saturated carbocycles. The highest BCUT2D eigenvalue weighted by molar-refractivity contribution is 5.84. The Labute approximate surface area is 233 Å². The number of aromatic nitrogens is 1. The molecule has 6 heteroatoms. The molecule has 3 aromatic rings. The Morgan fingerprint density at radius 2 is 1.90 bits per heavy atom. The highest BCUT2D eigenvalue weighted by atomic mass is 16.5. The summed E-state index contributed by atoms with van der Waals surface area (Å²) in [5, 5.41) is 7.62. The maximum atomic E-state index is 13.1. The van der Waals surface area contributed by atoms with Crippen LogP contribution in [0.15, 0.2) is 65.9 Å². The highest BCUT2D eigenvalue weighted by Gasteiger charge is 2.21. The molecule has 0 aliphatic carbocycles. The Kier molecular flexibility index (Phi) is 9.79. The van der Waals surface area contributed by atoms with E-state index < -0.39 is 0 Å². The van der Waals surface area contributed by atoms with Crippen LogP contribution in [-0.4, -0.2) is 23.0 Å². The van der Waals surface area contributed by atoms with Gasteiger partial charge in [0, 0.05) is 42.4 Å². The molecule has 3 rings (SSSR count). The largest absolute Gasteiger partial charge is 0.465 e. The SMILES string of the molecule is C=C(O/C=C\C(C)CC)c1ccc(-c2ccccc2Nc2noc(C)c2C)c(CN(C)C(=O)CC(C)(C)C)c1. The van der Waals surface area contributed by atoms with E-state index in [1.165, 1.54) is 0 Å². The van der Waals surface area contributed by atoms with E-state index >= 15 is 0 Å². The lowest BCUT2D eigenvalue weighted by Crippen LogP contribution is -2.29. The molecule has 1 heterocycles. The third kappa shape index (κ3) is 8.09. The number of aryl methyl sites for hydroxylation is 1. The van der Waals surface area contributed by atoms with E-state index in [9.17, 15) is 4.79 Å². The summed E-state index contributed by atoms with van der Waals surface area (Å²) in [6, 6.07) is 14.2. The van der Waals surface area contributed by atoms with Crippen molar-refractivity contribution in [2.24, 2.45) is 11.3 Å². The first-order chi connectivity index (χ1) is 18.4. The van der Waals surface area contributed by atoms with E-state index in [2.05, 4.69) is 69.9 Å². The molecule has 1 atom stereocenters.